The third kappa shape index (κ3) is 3.99. The van der Waals surface area contributed by atoms with Crippen LogP contribution in [0.15, 0.2) is 39.2 Å². The van der Waals surface area contributed by atoms with Crippen molar-refractivity contribution in [2.24, 2.45) is 0 Å². The maximum absolute atomic E-state index is 11.4. The first-order chi connectivity index (χ1) is 11.3. The molecule has 0 radical (unpaired) electrons. The zero-order valence-corrected chi connectivity index (χ0v) is 14.0. The van der Waals surface area contributed by atoms with E-state index < -0.39 is 5.97 Å². The number of nitrogens with zero attached hydrogens (tertiary/aromatic N) is 4. The summed E-state index contributed by atoms with van der Waals surface area (Å²) in [4.78, 5) is 12.6. The molecule has 7 nitrogen and oxygen atoms in total. The summed E-state index contributed by atoms with van der Waals surface area (Å²) in [5, 5.41) is 14.5. The second-order valence-electron chi connectivity index (χ2n) is 4.56. The number of carbonyl (C=O) groups excluding carboxylic acids is 1. The van der Waals surface area contributed by atoms with E-state index in [2.05, 4.69) is 31.7 Å². The summed E-state index contributed by atoms with van der Waals surface area (Å²) in [6.45, 7) is 0.724. The topological polar surface area (TPSA) is 83.0 Å². The van der Waals surface area contributed by atoms with Gasteiger partial charge in [-0.05, 0) is 34.0 Å². The SMILES string of the molecule is COC(=O)c1ccc(CSc2nnnn2CCc2cccs2)o1. The van der Waals surface area contributed by atoms with E-state index in [9.17, 15) is 4.79 Å². The zero-order valence-electron chi connectivity index (χ0n) is 12.3. The maximum Gasteiger partial charge on any atom is 0.373 e. The lowest BCUT2D eigenvalue weighted by Gasteiger charge is -2.02. The average molecular weight is 350 g/mol. The van der Waals surface area contributed by atoms with Gasteiger partial charge in [0.15, 0.2) is 0 Å². The molecule has 9 heteroatoms. The van der Waals surface area contributed by atoms with Crippen LogP contribution in [0.25, 0.3) is 0 Å². The molecule has 0 spiro atoms. The number of furan rings is 1. The van der Waals surface area contributed by atoms with Crippen LogP contribution in [-0.4, -0.2) is 33.3 Å². The molecule has 0 saturated heterocycles. The molecule has 0 N–H and O–H groups in total. The number of ether oxygens (including phenoxy) is 1. The minimum atomic E-state index is -0.484. The number of aryl methyl sites for hydroxylation is 2. The number of thioether (sulfide) groups is 1. The number of rotatable bonds is 7. The van der Waals surface area contributed by atoms with Crippen LogP contribution in [0.4, 0.5) is 0 Å². The minimum absolute atomic E-state index is 0.195. The van der Waals surface area contributed by atoms with Crippen LogP contribution in [-0.2, 0) is 23.5 Å². The molecule has 0 aliphatic heterocycles. The van der Waals surface area contributed by atoms with Gasteiger partial charge < -0.3 is 9.15 Å². The van der Waals surface area contributed by atoms with E-state index in [0.717, 1.165) is 18.1 Å². The number of methoxy groups -OCH3 is 1. The number of tetrazole rings is 1. The van der Waals surface area contributed by atoms with E-state index >= 15 is 0 Å². The Hall–Kier alpha value is -2.13. The van der Waals surface area contributed by atoms with Gasteiger partial charge in [-0.25, -0.2) is 9.48 Å². The number of hydrogen-bond donors (Lipinski definition) is 0. The highest BCUT2D eigenvalue weighted by atomic mass is 32.2. The van der Waals surface area contributed by atoms with E-state index in [1.54, 1.807) is 28.2 Å². The molecular weight excluding hydrogens is 336 g/mol. The predicted octanol–water partition coefficient (Wildman–Crippen LogP) is 2.65. The van der Waals surface area contributed by atoms with Crippen molar-refractivity contribution in [3.05, 3.63) is 46.0 Å². The van der Waals surface area contributed by atoms with Crippen molar-refractivity contribution in [2.75, 3.05) is 7.11 Å². The summed E-state index contributed by atoms with van der Waals surface area (Å²) < 4.78 is 11.8. The number of thiophene rings is 1. The van der Waals surface area contributed by atoms with Crippen LogP contribution >= 0.6 is 23.1 Å². The molecule has 3 heterocycles. The van der Waals surface area contributed by atoms with Gasteiger partial charge in [0.25, 0.3) is 0 Å². The molecule has 0 bridgehead atoms. The summed E-state index contributed by atoms with van der Waals surface area (Å²) in [6, 6.07) is 7.48. The van der Waals surface area contributed by atoms with Crippen molar-refractivity contribution in [1.29, 1.82) is 0 Å². The Balaban J connectivity index is 1.57. The molecule has 0 saturated carbocycles. The van der Waals surface area contributed by atoms with Crippen molar-refractivity contribution in [3.8, 4) is 0 Å². The van der Waals surface area contributed by atoms with Gasteiger partial charge in [0.1, 0.15) is 5.76 Å². The second kappa shape index (κ2) is 7.42. The van der Waals surface area contributed by atoms with Gasteiger partial charge in [-0.2, -0.15) is 0 Å². The minimum Gasteiger partial charge on any atom is -0.463 e. The predicted molar refractivity (Wildman–Crippen MR) is 85.4 cm³/mol. The number of aromatic nitrogens is 4. The van der Waals surface area contributed by atoms with E-state index in [-0.39, 0.29) is 5.76 Å². The Morgan fingerprint density at radius 3 is 3.13 bits per heavy atom. The third-order valence-corrected chi connectivity index (χ3v) is 4.96. The molecule has 3 aromatic rings. The monoisotopic (exact) mass is 350 g/mol. The van der Waals surface area contributed by atoms with E-state index in [1.165, 1.54) is 23.7 Å². The second-order valence-corrected chi connectivity index (χ2v) is 6.53. The molecule has 0 atom stereocenters. The Labute approximate surface area is 140 Å². The summed E-state index contributed by atoms with van der Waals surface area (Å²) in [5.41, 5.74) is 0. The van der Waals surface area contributed by atoms with E-state index in [0.29, 0.717) is 11.5 Å². The molecule has 0 amide bonds. The molecule has 0 aliphatic carbocycles. The number of carbonyl (C=O) groups is 1. The van der Waals surface area contributed by atoms with Crippen molar-refractivity contribution >= 4 is 29.1 Å². The standard InChI is InChI=1S/C14H14N4O3S2/c1-20-13(19)12-5-4-10(21-12)9-23-14-15-16-17-18(14)7-6-11-3-2-8-22-11/h2-5,8H,6-7,9H2,1H3. The highest BCUT2D eigenvalue weighted by Gasteiger charge is 2.13. The molecule has 0 aromatic carbocycles. The molecule has 3 rings (SSSR count). The fraction of sp³-hybridized carbons (Fsp3) is 0.286. The quantitative estimate of drug-likeness (QED) is 0.478. The lowest BCUT2D eigenvalue weighted by Crippen LogP contribution is -2.04. The Morgan fingerprint density at radius 2 is 2.35 bits per heavy atom. The van der Waals surface area contributed by atoms with Crippen molar-refractivity contribution in [2.45, 2.75) is 23.9 Å². The first-order valence-electron chi connectivity index (χ1n) is 6.84. The molecular formula is C14H14N4O3S2. The fourth-order valence-corrected chi connectivity index (χ4v) is 3.41. The largest absolute Gasteiger partial charge is 0.463 e. The molecule has 0 aliphatic rings. The first-order valence-corrected chi connectivity index (χ1v) is 8.71. The van der Waals surface area contributed by atoms with Crippen molar-refractivity contribution in [1.82, 2.24) is 20.2 Å². The van der Waals surface area contributed by atoms with Crippen LogP contribution in [0.3, 0.4) is 0 Å². The Morgan fingerprint density at radius 1 is 1.43 bits per heavy atom. The van der Waals surface area contributed by atoms with Crippen LogP contribution in [0, 0.1) is 0 Å². The molecule has 0 fully saturated rings. The lowest BCUT2D eigenvalue weighted by atomic mass is 10.3. The third-order valence-electron chi connectivity index (χ3n) is 3.04. The summed E-state index contributed by atoms with van der Waals surface area (Å²) >= 11 is 3.18. The Kier molecular flexibility index (Phi) is 5.09. The normalized spacial score (nSPS) is 10.8. The van der Waals surface area contributed by atoms with E-state index in [1.807, 2.05) is 6.07 Å². The van der Waals surface area contributed by atoms with Crippen molar-refractivity contribution in [3.63, 3.8) is 0 Å². The first kappa shape index (κ1) is 15.8. The van der Waals surface area contributed by atoms with E-state index in [4.69, 9.17) is 4.42 Å². The summed E-state index contributed by atoms with van der Waals surface area (Å²) in [5.74, 6) is 0.918. The van der Waals surface area contributed by atoms with Crippen LogP contribution in [0.5, 0.6) is 0 Å². The number of esters is 1. The van der Waals surface area contributed by atoms with Gasteiger partial charge in [0, 0.05) is 11.3 Å². The lowest BCUT2D eigenvalue weighted by molar-refractivity contribution is 0.0563. The molecule has 3 aromatic heterocycles. The zero-order chi connectivity index (χ0) is 16.1. The smallest absolute Gasteiger partial charge is 0.373 e. The molecule has 120 valence electrons. The fourth-order valence-electron chi connectivity index (χ4n) is 1.91. The van der Waals surface area contributed by atoms with Crippen molar-refractivity contribution < 1.29 is 13.9 Å². The Bertz CT molecular complexity index is 767. The van der Waals surface area contributed by atoms with Gasteiger partial charge in [-0.1, -0.05) is 17.8 Å². The van der Waals surface area contributed by atoms with Gasteiger partial charge in [0.05, 0.1) is 19.4 Å². The molecule has 23 heavy (non-hydrogen) atoms. The summed E-state index contributed by atoms with van der Waals surface area (Å²) in [6.07, 6.45) is 0.892. The van der Waals surface area contributed by atoms with Crippen LogP contribution < -0.4 is 0 Å². The number of hydrogen-bond acceptors (Lipinski definition) is 8. The molecule has 0 unspecified atom stereocenters. The maximum atomic E-state index is 11.4. The van der Waals surface area contributed by atoms with Crippen LogP contribution in [0.1, 0.15) is 21.2 Å². The highest BCUT2D eigenvalue weighted by molar-refractivity contribution is 7.98. The van der Waals surface area contributed by atoms with Gasteiger partial charge in [-0.15, -0.1) is 16.4 Å². The summed E-state index contributed by atoms with van der Waals surface area (Å²) in [7, 11) is 1.32. The van der Waals surface area contributed by atoms with Gasteiger partial charge >= 0.3 is 5.97 Å². The van der Waals surface area contributed by atoms with Gasteiger partial charge in [-0.3, -0.25) is 0 Å². The highest BCUT2D eigenvalue weighted by Crippen LogP contribution is 2.22. The van der Waals surface area contributed by atoms with Gasteiger partial charge in [0.2, 0.25) is 10.9 Å². The average Bonchev–Trinajstić information content (AvgIpc) is 3.31. The van der Waals surface area contributed by atoms with Crippen LogP contribution in [0.2, 0.25) is 0 Å².